The third-order valence-electron chi connectivity index (χ3n) is 2.82. The van der Waals surface area contributed by atoms with E-state index in [1.807, 2.05) is 52.0 Å². The van der Waals surface area contributed by atoms with Crippen LogP contribution in [0.3, 0.4) is 0 Å². The number of nitrogens with one attached hydrogen (secondary N) is 3. The number of amides is 1. The first kappa shape index (κ1) is 18.8. The molecule has 6 heteroatoms. The molecule has 0 atom stereocenters. The van der Waals surface area contributed by atoms with Crippen LogP contribution in [0.25, 0.3) is 0 Å². The van der Waals surface area contributed by atoms with E-state index in [9.17, 15) is 4.79 Å². The summed E-state index contributed by atoms with van der Waals surface area (Å²) in [5.74, 6) is 1.36. The summed E-state index contributed by atoms with van der Waals surface area (Å²) in [6, 6.07) is 7.87. The predicted molar refractivity (Wildman–Crippen MR) is 93.7 cm³/mol. The third kappa shape index (κ3) is 8.09. The molecule has 1 amide bonds. The topological polar surface area (TPSA) is 74.8 Å². The maximum atomic E-state index is 11.8. The van der Waals surface area contributed by atoms with Crippen LogP contribution in [0, 0.1) is 0 Å². The number of carbonyl (C=O) groups excluding carboxylic acids is 1. The predicted octanol–water partition coefficient (Wildman–Crippen LogP) is 1.66. The lowest BCUT2D eigenvalue weighted by atomic mass is 10.1. The zero-order valence-electron chi connectivity index (χ0n) is 14.7. The van der Waals surface area contributed by atoms with Crippen molar-refractivity contribution in [1.82, 2.24) is 16.0 Å². The Morgan fingerprint density at radius 2 is 2.00 bits per heavy atom. The molecule has 0 aliphatic carbocycles. The zero-order valence-corrected chi connectivity index (χ0v) is 14.7. The van der Waals surface area contributed by atoms with Crippen molar-refractivity contribution in [3.63, 3.8) is 0 Å². The van der Waals surface area contributed by atoms with Gasteiger partial charge in [0.05, 0.1) is 13.2 Å². The van der Waals surface area contributed by atoms with Gasteiger partial charge in [0.1, 0.15) is 5.75 Å². The summed E-state index contributed by atoms with van der Waals surface area (Å²) < 4.78 is 5.48. The zero-order chi connectivity index (χ0) is 17.3. The number of guanidine groups is 1. The fourth-order valence-corrected chi connectivity index (χ4v) is 1.94. The van der Waals surface area contributed by atoms with Crippen LogP contribution >= 0.6 is 0 Å². The maximum Gasteiger partial charge on any atom is 0.239 e. The van der Waals surface area contributed by atoms with E-state index in [1.54, 1.807) is 7.05 Å². The Balaban J connectivity index is 2.45. The van der Waals surface area contributed by atoms with Gasteiger partial charge in [0, 0.05) is 19.1 Å². The minimum absolute atomic E-state index is 0.0706. The average molecular weight is 320 g/mol. The Kier molecular flexibility index (Phi) is 7.38. The summed E-state index contributed by atoms with van der Waals surface area (Å²) in [7, 11) is 1.67. The van der Waals surface area contributed by atoms with Crippen molar-refractivity contribution in [3.8, 4) is 5.75 Å². The average Bonchev–Trinajstić information content (AvgIpc) is 2.46. The number of benzene rings is 1. The fourth-order valence-electron chi connectivity index (χ4n) is 1.94. The van der Waals surface area contributed by atoms with E-state index in [-0.39, 0.29) is 18.0 Å². The second-order valence-corrected chi connectivity index (χ2v) is 6.16. The van der Waals surface area contributed by atoms with E-state index in [0.717, 1.165) is 11.3 Å². The van der Waals surface area contributed by atoms with Crippen LogP contribution in [0.2, 0.25) is 0 Å². The molecule has 0 radical (unpaired) electrons. The highest BCUT2D eigenvalue weighted by atomic mass is 16.5. The third-order valence-corrected chi connectivity index (χ3v) is 2.82. The molecule has 0 fully saturated rings. The molecule has 0 unspecified atom stereocenters. The van der Waals surface area contributed by atoms with E-state index in [4.69, 9.17) is 4.74 Å². The van der Waals surface area contributed by atoms with Crippen LogP contribution in [-0.4, -0.2) is 37.6 Å². The molecule has 0 saturated heterocycles. The Hall–Kier alpha value is -2.24. The molecule has 6 nitrogen and oxygen atoms in total. The smallest absolute Gasteiger partial charge is 0.239 e. The van der Waals surface area contributed by atoms with Gasteiger partial charge in [0.25, 0.3) is 0 Å². The molecule has 3 N–H and O–H groups in total. The molecular weight excluding hydrogens is 292 g/mol. The summed E-state index contributed by atoms with van der Waals surface area (Å²) in [5.41, 5.74) is 0.841. The molecule has 0 aromatic heterocycles. The number of carbonyl (C=O) groups is 1. The van der Waals surface area contributed by atoms with Gasteiger partial charge in [-0.15, -0.1) is 0 Å². The Morgan fingerprint density at radius 3 is 2.61 bits per heavy atom. The van der Waals surface area contributed by atoms with Crippen molar-refractivity contribution >= 4 is 11.9 Å². The number of hydrogen-bond acceptors (Lipinski definition) is 3. The van der Waals surface area contributed by atoms with Gasteiger partial charge in [-0.1, -0.05) is 12.1 Å². The van der Waals surface area contributed by atoms with Crippen molar-refractivity contribution in [2.45, 2.75) is 39.8 Å². The van der Waals surface area contributed by atoms with E-state index < -0.39 is 0 Å². The standard InChI is InChI=1S/C17H28N4O2/c1-6-23-14-9-7-8-13(10-14)11-19-16(18-5)20-12-15(22)21-17(2,3)4/h7-10H,6,11-12H2,1-5H3,(H,21,22)(H2,18,19,20). The highest BCUT2D eigenvalue weighted by Gasteiger charge is 2.13. The minimum Gasteiger partial charge on any atom is -0.494 e. The molecule has 0 bridgehead atoms. The molecule has 1 aromatic carbocycles. The number of hydrogen-bond donors (Lipinski definition) is 3. The van der Waals surface area contributed by atoms with Crippen LogP contribution in [0.1, 0.15) is 33.3 Å². The summed E-state index contributed by atoms with van der Waals surface area (Å²) in [4.78, 5) is 15.9. The molecule has 0 aliphatic rings. The first-order valence-corrected chi connectivity index (χ1v) is 7.81. The van der Waals surface area contributed by atoms with Crippen molar-refractivity contribution in [2.75, 3.05) is 20.2 Å². The van der Waals surface area contributed by atoms with Gasteiger partial charge in [-0.2, -0.15) is 0 Å². The SMILES string of the molecule is CCOc1cccc(CNC(=NC)NCC(=O)NC(C)(C)C)c1. The first-order chi connectivity index (χ1) is 10.8. The second-order valence-electron chi connectivity index (χ2n) is 6.16. The monoisotopic (exact) mass is 320 g/mol. The lowest BCUT2D eigenvalue weighted by molar-refractivity contribution is -0.121. The van der Waals surface area contributed by atoms with Gasteiger partial charge in [-0.3, -0.25) is 9.79 Å². The van der Waals surface area contributed by atoms with E-state index in [0.29, 0.717) is 19.1 Å². The quantitative estimate of drug-likeness (QED) is 0.550. The molecule has 0 heterocycles. The number of nitrogens with zero attached hydrogens (tertiary/aromatic N) is 1. The largest absolute Gasteiger partial charge is 0.494 e. The first-order valence-electron chi connectivity index (χ1n) is 7.81. The summed E-state index contributed by atoms with van der Waals surface area (Å²) >= 11 is 0. The number of aliphatic imine (C=N–C) groups is 1. The van der Waals surface area contributed by atoms with Crippen molar-refractivity contribution < 1.29 is 9.53 Å². The Labute approximate surface area is 138 Å². The van der Waals surface area contributed by atoms with E-state index in [1.165, 1.54) is 0 Å². The fraction of sp³-hybridized carbons (Fsp3) is 0.529. The highest BCUT2D eigenvalue weighted by Crippen LogP contribution is 2.12. The lowest BCUT2D eigenvalue weighted by Crippen LogP contribution is -2.48. The van der Waals surface area contributed by atoms with Crippen molar-refractivity contribution in [1.29, 1.82) is 0 Å². The van der Waals surface area contributed by atoms with Crippen LogP contribution in [0.15, 0.2) is 29.3 Å². The van der Waals surface area contributed by atoms with Gasteiger partial charge < -0.3 is 20.7 Å². The van der Waals surface area contributed by atoms with E-state index >= 15 is 0 Å². The minimum atomic E-state index is -0.241. The van der Waals surface area contributed by atoms with E-state index in [2.05, 4.69) is 20.9 Å². The molecule has 0 saturated carbocycles. The van der Waals surface area contributed by atoms with Gasteiger partial charge >= 0.3 is 0 Å². The van der Waals surface area contributed by atoms with Gasteiger partial charge in [-0.25, -0.2) is 0 Å². The normalized spacial score (nSPS) is 11.8. The van der Waals surface area contributed by atoms with Gasteiger partial charge in [0.2, 0.25) is 5.91 Å². The molecule has 128 valence electrons. The molecule has 0 spiro atoms. The summed E-state index contributed by atoms with van der Waals surface area (Å²) in [6.07, 6.45) is 0. The number of rotatable bonds is 6. The second kappa shape index (κ2) is 9.02. The van der Waals surface area contributed by atoms with Crippen LogP contribution in [0.5, 0.6) is 5.75 Å². The van der Waals surface area contributed by atoms with Crippen LogP contribution < -0.4 is 20.7 Å². The maximum absolute atomic E-state index is 11.8. The van der Waals surface area contributed by atoms with Crippen LogP contribution in [-0.2, 0) is 11.3 Å². The number of ether oxygens (including phenoxy) is 1. The molecule has 0 aliphatic heterocycles. The summed E-state index contributed by atoms with van der Waals surface area (Å²) in [5, 5.41) is 9.07. The Morgan fingerprint density at radius 1 is 1.26 bits per heavy atom. The molecular formula is C17H28N4O2. The van der Waals surface area contributed by atoms with Crippen LogP contribution in [0.4, 0.5) is 0 Å². The lowest BCUT2D eigenvalue weighted by Gasteiger charge is -2.21. The summed E-state index contributed by atoms with van der Waals surface area (Å²) in [6.45, 7) is 9.22. The van der Waals surface area contributed by atoms with Gasteiger partial charge in [-0.05, 0) is 45.4 Å². The molecule has 23 heavy (non-hydrogen) atoms. The molecule has 1 aromatic rings. The Bertz CT molecular complexity index is 536. The van der Waals surface area contributed by atoms with Crippen molar-refractivity contribution in [3.05, 3.63) is 29.8 Å². The molecule has 1 rings (SSSR count). The van der Waals surface area contributed by atoms with Crippen molar-refractivity contribution in [2.24, 2.45) is 4.99 Å². The van der Waals surface area contributed by atoms with Gasteiger partial charge in [0.15, 0.2) is 5.96 Å². The highest BCUT2D eigenvalue weighted by molar-refractivity contribution is 5.86.